The summed E-state index contributed by atoms with van der Waals surface area (Å²) in [6, 6.07) is 2.39. The van der Waals surface area contributed by atoms with Crippen molar-refractivity contribution in [3.05, 3.63) is 28.8 Å². The Hall–Kier alpha value is -2.20. The molecule has 2 amide bonds. The minimum Gasteiger partial charge on any atom is -0.444 e. The molecule has 212 valence electrons. The van der Waals surface area contributed by atoms with E-state index >= 15 is 0 Å². The van der Waals surface area contributed by atoms with Crippen molar-refractivity contribution < 1.29 is 32.6 Å². The number of hydrogen-bond acceptors (Lipinski definition) is 5. The molecule has 0 spiro atoms. The lowest BCUT2D eigenvalue weighted by atomic mass is 9.97. The SMILES string of the molecule is CC(C)(C)OC(=O)N1CCC[C@@H](N2CCCC(Nc3cc(Cl)cc(C(F)(F)F)c3)C2=O)C1.CCC.CO. The Bertz CT molecular complexity index is 878. The van der Waals surface area contributed by atoms with Gasteiger partial charge in [0, 0.05) is 43.5 Å². The molecule has 0 saturated carbocycles. The smallest absolute Gasteiger partial charge is 0.416 e. The number of benzene rings is 1. The minimum absolute atomic E-state index is 0.0530. The van der Waals surface area contributed by atoms with Crippen LogP contribution in [0.1, 0.15) is 72.3 Å². The zero-order valence-electron chi connectivity index (χ0n) is 22.6. The maximum absolute atomic E-state index is 13.2. The first kappa shape index (κ1) is 32.8. The molecule has 1 unspecified atom stereocenters. The molecule has 1 aromatic rings. The largest absolute Gasteiger partial charge is 0.444 e. The number of nitrogens with one attached hydrogen (secondary N) is 1. The Morgan fingerprint density at radius 1 is 1.11 bits per heavy atom. The number of amides is 2. The normalized spacial score (nSPS) is 20.2. The fourth-order valence-electron chi connectivity index (χ4n) is 4.14. The van der Waals surface area contributed by atoms with Crippen LogP contribution in [0.15, 0.2) is 18.2 Å². The van der Waals surface area contributed by atoms with Crippen LogP contribution in [0.25, 0.3) is 0 Å². The van der Waals surface area contributed by atoms with Crippen LogP contribution in [-0.2, 0) is 15.7 Å². The molecule has 0 radical (unpaired) electrons. The average Bonchev–Trinajstić information content (AvgIpc) is 2.80. The Balaban J connectivity index is 0.00000127. The number of halogens is 4. The summed E-state index contributed by atoms with van der Waals surface area (Å²) in [6.07, 6.45) is -0.968. The Morgan fingerprint density at radius 3 is 2.27 bits per heavy atom. The number of hydrogen-bond donors (Lipinski definition) is 2. The van der Waals surface area contributed by atoms with Crippen molar-refractivity contribution in [1.29, 1.82) is 0 Å². The van der Waals surface area contributed by atoms with Gasteiger partial charge in [-0.2, -0.15) is 13.2 Å². The highest BCUT2D eigenvalue weighted by Gasteiger charge is 2.37. The van der Waals surface area contributed by atoms with Gasteiger partial charge in [-0.15, -0.1) is 0 Å². The van der Waals surface area contributed by atoms with Crippen LogP contribution < -0.4 is 5.32 Å². The number of carbonyl (C=O) groups is 2. The summed E-state index contributed by atoms with van der Waals surface area (Å²) < 4.78 is 44.8. The highest BCUT2D eigenvalue weighted by atomic mass is 35.5. The molecule has 2 saturated heterocycles. The van der Waals surface area contributed by atoms with Crippen LogP contribution >= 0.6 is 11.6 Å². The lowest BCUT2D eigenvalue weighted by molar-refractivity contribution is -0.138. The van der Waals surface area contributed by atoms with E-state index in [4.69, 9.17) is 21.4 Å². The standard InChI is InChI=1S/C22H29ClF3N3O3.C3H8.CH4O/c1-21(2,3)32-20(31)28-8-4-6-17(13-28)29-9-5-7-18(19(29)30)27-16-11-14(22(24,25)26)10-15(23)12-16;1-3-2;1-2/h10-12,17-18,27H,4-9,13H2,1-3H3;3H2,1-2H3;2H,1H3/t17-,18?;;/m1../s1. The number of anilines is 1. The number of carbonyl (C=O) groups excluding carboxylic acids is 2. The second-order valence-electron chi connectivity index (χ2n) is 10.0. The van der Waals surface area contributed by atoms with E-state index in [2.05, 4.69) is 19.2 Å². The summed E-state index contributed by atoms with van der Waals surface area (Å²) in [5, 5.41) is 9.88. The van der Waals surface area contributed by atoms with Gasteiger partial charge in [0.15, 0.2) is 0 Å². The van der Waals surface area contributed by atoms with Gasteiger partial charge in [0.05, 0.1) is 5.56 Å². The third-order valence-electron chi connectivity index (χ3n) is 5.53. The summed E-state index contributed by atoms with van der Waals surface area (Å²) in [5.74, 6) is -0.180. The van der Waals surface area contributed by atoms with Crippen molar-refractivity contribution in [2.45, 2.75) is 90.6 Å². The van der Waals surface area contributed by atoms with Crippen molar-refractivity contribution in [1.82, 2.24) is 9.80 Å². The van der Waals surface area contributed by atoms with Crippen molar-refractivity contribution in [2.24, 2.45) is 0 Å². The Morgan fingerprint density at radius 2 is 1.70 bits per heavy atom. The first-order valence-corrected chi connectivity index (χ1v) is 13.0. The topological polar surface area (TPSA) is 82.1 Å². The van der Waals surface area contributed by atoms with Gasteiger partial charge in [-0.25, -0.2) is 4.79 Å². The molecule has 37 heavy (non-hydrogen) atoms. The highest BCUT2D eigenvalue weighted by molar-refractivity contribution is 6.31. The second-order valence-corrected chi connectivity index (χ2v) is 10.5. The summed E-state index contributed by atoms with van der Waals surface area (Å²) in [4.78, 5) is 29.0. The van der Waals surface area contributed by atoms with E-state index in [-0.39, 0.29) is 22.7 Å². The molecule has 7 nitrogen and oxygen atoms in total. The molecule has 2 atom stereocenters. The third kappa shape index (κ3) is 10.6. The fraction of sp³-hybridized carbons (Fsp3) is 0.692. The molecule has 3 rings (SSSR count). The van der Waals surface area contributed by atoms with Gasteiger partial charge >= 0.3 is 12.3 Å². The van der Waals surface area contributed by atoms with Gasteiger partial charge in [0.25, 0.3) is 0 Å². The molecule has 0 aliphatic carbocycles. The summed E-state index contributed by atoms with van der Waals surface area (Å²) in [7, 11) is 1.00. The van der Waals surface area contributed by atoms with E-state index in [1.807, 2.05) is 0 Å². The number of likely N-dealkylation sites (tertiary alicyclic amines) is 2. The predicted molar refractivity (Wildman–Crippen MR) is 140 cm³/mol. The molecule has 11 heteroatoms. The first-order chi connectivity index (χ1) is 17.2. The Kier molecular flexibility index (Phi) is 13.0. The van der Waals surface area contributed by atoms with Gasteiger partial charge in [-0.1, -0.05) is 31.9 Å². The molecule has 2 aliphatic rings. The van der Waals surface area contributed by atoms with E-state index < -0.39 is 29.5 Å². The van der Waals surface area contributed by atoms with Crippen LogP contribution in [0.4, 0.5) is 23.7 Å². The summed E-state index contributed by atoms with van der Waals surface area (Å²) in [5.41, 5.74) is -1.32. The number of piperidine rings is 2. The fourth-order valence-corrected chi connectivity index (χ4v) is 4.37. The van der Waals surface area contributed by atoms with Gasteiger partial charge in [0.1, 0.15) is 11.6 Å². The monoisotopic (exact) mass is 551 g/mol. The lowest BCUT2D eigenvalue weighted by Gasteiger charge is -2.43. The molecule has 2 N–H and O–H groups in total. The van der Waals surface area contributed by atoms with Crippen LogP contribution in [0.3, 0.4) is 0 Å². The van der Waals surface area contributed by atoms with E-state index in [9.17, 15) is 22.8 Å². The molecule has 0 bridgehead atoms. The number of ether oxygens (including phenoxy) is 1. The highest BCUT2D eigenvalue weighted by Crippen LogP contribution is 2.34. The maximum atomic E-state index is 13.2. The van der Waals surface area contributed by atoms with Gasteiger partial charge < -0.3 is 25.0 Å². The molecular weight excluding hydrogens is 511 g/mol. The van der Waals surface area contributed by atoms with E-state index in [0.717, 1.165) is 32.1 Å². The molecule has 2 aliphatic heterocycles. The summed E-state index contributed by atoms with van der Waals surface area (Å²) in [6.45, 7) is 11.2. The van der Waals surface area contributed by atoms with E-state index in [1.54, 1.807) is 30.6 Å². The average molecular weight is 552 g/mol. The maximum Gasteiger partial charge on any atom is 0.416 e. The van der Waals surface area contributed by atoms with Gasteiger partial charge in [-0.3, -0.25) is 4.79 Å². The summed E-state index contributed by atoms with van der Waals surface area (Å²) >= 11 is 5.87. The van der Waals surface area contributed by atoms with Crippen molar-refractivity contribution in [2.75, 3.05) is 32.1 Å². The number of alkyl halides is 3. The third-order valence-corrected chi connectivity index (χ3v) is 5.75. The van der Waals surface area contributed by atoms with Crippen LogP contribution in [0, 0.1) is 0 Å². The molecular formula is C26H41ClF3N3O4. The molecule has 2 fully saturated rings. The van der Waals surface area contributed by atoms with Crippen molar-refractivity contribution in [3.8, 4) is 0 Å². The van der Waals surface area contributed by atoms with Crippen molar-refractivity contribution >= 4 is 29.3 Å². The number of nitrogens with zero attached hydrogens (tertiary/aromatic N) is 2. The van der Waals surface area contributed by atoms with Crippen molar-refractivity contribution in [3.63, 3.8) is 0 Å². The van der Waals surface area contributed by atoms with Gasteiger partial charge in [0.2, 0.25) is 5.91 Å². The minimum atomic E-state index is -4.53. The molecule has 1 aromatic carbocycles. The lowest BCUT2D eigenvalue weighted by Crippen LogP contribution is -2.57. The number of aliphatic hydroxyl groups is 1. The molecule has 2 heterocycles. The predicted octanol–water partition coefficient (Wildman–Crippen LogP) is 6.19. The van der Waals surface area contributed by atoms with Crippen LogP contribution in [0.2, 0.25) is 5.02 Å². The van der Waals surface area contributed by atoms with E-state index in [0.29, 0.717) is 32.5 Å². The number of aliphatic hydroxyl groups excluding tert-OH is 1. The number of rotatable bonds is 3. The zero-order chi connectivity index (χ0) is 28.4. The zero-order valence-corrected chi connectivity index (χ0v) is 23.4. The first-order valence-electron chi connectivity index (χ1n) is 12.6. The Labute approximate surface area is 223 Å². The van der Waals surface area contributed by atoms with Crippen LogP contribution in [-0.4, -0.2) is 71.3 Å². The quantitative estimate of drug-likeness (QED) is 0.468. The van der Waals surface area contributed by atoms with Gasteiger partial charge in [-0.05, 0) is 64.7 Å². The second kappa shape index (κ2) is 14.7. The molecule has 0 aromatic heterocycles. The van der Waals surface area contributed by atoms with E-state index in [1.165, 1.54) is 12.5 Å². The van der Waals surface area contributed by atoms with Crippen LogP contribution in [0.5, 0.6) is 0 Å².